The van der Waals surface area contributed by atoms with Gasteiger partial charge in [-0.15, -0.1) is 0 Å². The molecule has 5 rings (SSSR count). The van der Waals surface area contributed by atoms with Crippen LogP contribution in [0.25, 0.3) is 0 Å². The number of carbonyl (C=O) groups excluding carboxylic acids is 2. The average Bonchev–Trinajstić information content (AvgIpc) is 2.96. The van der Waals surface area contributed by atoms with Gasteiger partial charge < -0.3 is 24.8 Å². The van der Waals surface area contributed by atoms with Crippen LogP contribution in [0.15, 0.2) is 11.6 Å². The number of rotatable bonds is 11. The molecule has 0 aliphatic heterocycles. The van der Waals surface area contributed by atoms with Gasteiger partial charge in [-0.25, -0.2) is 0 Å². The summed E-state index contributed by atoms with van der Waals surface area (Å²) in [6.07, 6.45) is 7.17. The highest BCUT2D eigenvalue weighted by Gasteiger charge is 2.71. The maximum Gasteiger partial charge on any atom is 0.310 e. The summed E-state index contributed by atoms with van der Waals surface area (Å²) in [5.41, 5.74) is -2.39. The molecule has 0 bridgehead atoms. The van der Waals surface area contributed by atoms with Gasteiger partial charge in [0.15, 0.2) is 0 Å². The van der Waals surface area contributed by atoms with Crippen LogP contribution in [0, 0.1) is 61.1 Å². The summed E-state index contributed by atoms with van der Waals surface area (Å²) in [5.74, 6) is -3.47. The Bertz CT molecular complexity index is 1590. The molecule has 0 amide bonds. The molecule has 4 saturated carbocycles. The number of aliphatic carboxylic acids is 3. The zero-order chi connectivity index (χ0) is 40.7. The van der Waals surface area contributed by atoms with Crippen LogP contribution in [0.5, 0.6) is 0 Å². The lowest BCUT2D eigenvalue weighted by Crippen LogP contribution is -2.67. The lowest BCUT2D eigenvalue weighted by molar-refractivity contribution is -0.246. The van der Waals surface area contributed by atoms with Crippen molar-refractivity contribution >= 4 is 29.8 Å². The molecular weight excluding hydrogens is 688 g/mol. The molecule has 0 aromatic rings. The fourth-order valence-corrected chi connectivity index (χ4v) is 13.2. The molecule has 3 N–H and O–H groups in total. The third-order valence-electron chi connectivity index (χ3n) is 16.0. The van der Waals surface area contributed by atoms with E-state index in [-0.39, 0.29) is 65.1 Å². The Labute approximate surface area is 322 Å². The Morgan fingerprint density at radius 3 is 1.78 bits per heavy atom. The van der Waals surface area contributed by atoms with E-state index in [1.807, 2.05) is 0 Å². The highest BCUT2D eigenvalue weighted by molar-refractivity contribution is 5.77. The lowest BCUT2D eigenvalue weighted by atomic mass is 9.33. The van der Waals surface area contributed by atoms with Crippen LogP contribution in [0.2, 0.25) is 0 Å². The van der Waals surface area contributed by atoms with Gasteiger partial charge in [-0.3, -0.25) is 24.0 Å². The number of fused-ring (bicyclic) bond motifs is 7. The lowest BCUT2D eigenvalue weighted by Gasteiger charge is -2.71. The zero-order valence-electron chi connectivity index (χ0n) is 34.9. The van der Waals surface area contributed by atoms with Crippen molar-refractivity contribution in [2.45, 2.75) is 172 Å². The van der Waals surface area contributed by atoms with Crippen molar-refractivity contribution < 1.29 is 48.8 Å². The van der Waals surface area contributed by atoms with E-state index < -0.39 is 63.7 Å². The van der Waals surface area contributed by atoms with Crippen LogP contribution in [0.4, 0.5) is 0 Å². The van der Waals surface area contributed by atoms with Crippen LogP contribution < -0.4 is 0 Å². The van der Waals surface area contributed by atoms with E-state index in [2.05, 4.69) is 54.5 Å². The number of esters is 2. The largest absolute Gasteiger partial charge is 0.481 e. The summed E-state index contributed by atoms with van der Waals surface area (Å²) in [7, 11) is 0. The predicted octanol–water partition coefficient (Wildman–Crippen LogP) is 9.09. The molecule has 9 atom stereocenters. The summed E-state index contributed by atoms with van der Waals surface area (Å²) in [4.78, 5) is 63.7. The maximum atomic E-state index is 13.7. The van der Waals surface area contributed by atoms with Gasteiger partial charge in [0, 0.05) is 5.41 Å². The highest BCUT2D eigenvalue weighted by atomic mass is 16.6. The molecule has 4 fully saturated rings. The van der Waals surface area contributed by atoms with Crippen molar-refractivity contribution in [1.29, 1.82) is 0 Å². The molecule has 304 valence electrons. The molecule has 0 saturated heterocycles. The van der Waals surface area contributed by atoms with E-state index in [4.69, 9.17) is 9.47 Å². The Hall–Kier alpha value is -2.91. The van der Waals surface area contributed by atoms with Crippen molar-refractivity contribution in [3.8, 4) is 0 Å². The number of carboxylic acid groups (broad SMARTS) is 3. The second-order valence-electron chi connectivity index (χ2n) is 22.0. The van der Waals surface area contributed by atoms with Crippen molar-refractivity contribution in [3.63, 3.8) is 0 Å². The van der Waals surface area contributed by atoms with E-state index in [1.54, 1.807) is 27.7 Å². The molecule has 5 aliphatic rings. The Morgan fingerprint density at radius 1 is 0.704 bits per heavy atom. The first-order valence-corrected chi connectivity index (χ1v) is 20.3. The second-order valence-corrected chi connectivity index (χ2v) is 22.0. The molecule has 0 spiro atoms. The van der Waals surface area contributed by atoms with Gasteiger partial charge in [0.05, 0.1) is 31.1 Å². The van der Waals surface area contributed by atoms with E-state index in [0.29, 0.717) is 19.3 Å². The quantitative estimate of drug-likeness (QED) is 0.137. The van der Waals surface area contributed by atoms with Gasteiger partial charge in [-0.2, -0.15) is 0 Å². The minimum absolute atomic E-state index is 0.0133. The fraction of sp³-hybridized carbons (Fsp3) is 0.841. The van der Waals surface area contributed by atoms with Gasteiger partial charge in [-0.1, -0.05) is 87.8 Å². The summed E-state index contributed by atoms with van der Waals surface area (Å²) in [6, 6.07) is 0. The van der Waals surface area contributed by atoms with Crippen LogP contribution in [-0.4, -0.2) is 57.4 Å². The average molecular weight is 757 g/mol. The molecule has 0 radical (unpaired) electrons. The number of carbonyl (C=O) groups is 5. The third kappa shape index (κ3) is 7.26. The maximum absolute atomic E-state index is 13.7. The van der Waals surface area contributed by atoms with Gasteiger partial charge in [0.25, 0.3) is 0 Å². The van der Waals surface area contributed by atoms with Gasteiger partial charge in [0.1, 0.15) is 12.2 Å². The van der Waals surface area contributed by atoms with Crippen LogP contribution in [0.1, 0.15) is 160 Å². The molecule has 0 aromatic heterocycles. The number of hydrogen-bond donors (Lipinski definition) is 3. The molecule has 0 aromatic carbocycles. The number of ether oxygens (including phenoxy) is 2. The van der Waals surface area contributed by atoms with Crippen molar-refractivity contribution in [3.05, 3.63) is 11.6 Å². The topological polar surface area (TPSA) is 164 Å². The third-order valence-corrected chi connectivity index (χ3v) is 16.0. The van der Waals surface area contributed by atoms with Gasteiger partial charge >= 0.3 is 29.8 Å². The molecular formula is C44H68O10. The van der Waals surface area contributed by atoms with Gasteiger partial charge in [0.2, 0.25) is 0 Å². The Balaban J connectivity index is 1.53. The first-order valence-electron chi connectivity index (χ1n) is 20.3. The molecule has 54 heavy (non-hydrogen) atoms. The highest BCUT2D eigenvalue weighted by Crippen LogP contribution is 2.76. The first kappa shape index (κ1) is 42.2. The van der Waals surface area contributed by atoms with Crippen molar-refractivity contribution in [2.75, 3.05) is 0 Å². The first-order chi connectivity index (χ1) is 24.5. The second kappa shape index (κ2) is 13.6. The van der Waals surface area contributed by atoms with Crippen LogP contribution in [0.3, 0.4) is 0 Å². The Morgan fingerprint density at radius 2 is 1.24 bits per heavy atom. The van der Waals surface area contributed by atoms with E-state index in [9.17, 15) is 39.3 Å². The van der Waals surface area contributed by atoms with Crippen LogP contribution >= 0.6 is 0 Å². The molecule has 5 aliphatic carbocycles. The van der Waals surface area contributed by atoms with Crippen LogP contribution in [-0.2, 0) is 33.4 Å². The minimum atomic E-state index is -1.00. The van der Waals surface area contributed by atoms with Gasteiger partial charge in [-0.05, 0) is 108 Å². The summed E-state index contributed by atoms with van der Waals surface area (Å²) in [6.45, 7) is 22.8. The molecule has 0 heterocycles. The summed E-state index contributed by atoms with van der Waals surface area (Å²) in [5, 5.41) is 29.7. The summed E-state index contributed by atoms with van der Waals surface area (Å²) < 4.78 is 12.7. The van der Waals surface area contributed by atoms with E-state index in [1.165, 1.54) is 5.57 Å². The fourth-order valence-electron chi connectivity index (χ4n) is 13.2. The molecule has 10 heteroatoms. The minimum Gasteiger partial charge on any atom is -0.481 e. The van der Waals surface area contributed by atoms with Crippen molar-refractivity contribution in [1.82, 2.24) is 0 Å². The smallest absolute Gasteiger partial charge is 0.310 e. The standard InChI is InChI=1S/C44H68O10/c1-37(2)16-18-44(36(51)52)19-17-42(10)26(27(44)20-37)12-13-30-41(9)21-28(53-33(49)24-38(3,4)22-31(45)46)35(40(7,8)29(41)14-15-43(30,42)11)54-34(50)25-39(5,6)23-32(47)48/h12,27-30,35H,13-25H2,1-11H3,(H,45,46)(H,47,48)(H,51,52)/t27-,28+,29-,30+,35-,41-,42+,43+,44-/m0/s1. The van der Waals surface area contributed by atoms with E-state index in [0.717, 1.165) is 38.5 Å². The Kier molecular flexibility index (Phi) is 10.7. The zero-order valence-corrected chi connectivity index (χ0v) is 34.9. The monoisotopic (exact) mass is 756 g/mol. The number of carboxylic acids is 3. The van der Waals surface area contributed by atoms with Crippen molar-refractivity contribution in [2.24, 2.45) is 61.1 Å². The predicted molar refractivity (Wildman–Crippen MR) is 203 cm³/mol. The number of hydrogen-bond acceptors (Lipinski definition) is 7. The molecule has 0 unspecified atom stereocenters. The molecule has 10 nitrogen and oxygen atoms in total. The normalized spacial score (nSPS) is 38.3. The number of allylic oxidation sites excluding steroid dienone is 2. The SMILES string of the molecule is CC(C)(CC(=O)O)CC(=O)O[C@@H]1C[C@]2(C)[C@H]3CC=C4[C@@H]5CC(C)(C)CC[C@]5(C(=O)O)CC[C@@]4(C)[C@]3(C)CC[C@H]2C(C)(C)[C@H]1OC(=O)CC(C)(C)CC(=O)O. The van der Waals surface area contributed by atoms with E-state index >= 15 is 0 Å². The summed E-state index contributed by atoms with van der Waals surface area (Å²) >= 11 is 0.